The molecule has 0 aliphatic carbocycles. The van der Waals surface area contributed by atoms with Crippen molar-refractivity contribution >= 4 is 49.1 Å². The fourth-order valence-electron chi connectivity index (χ4n) is 5.22. The van der Waals surface area contributed by atoms with Crippen LogP contribution in [0.5, 0.6) is 0 Å². The Morgan fingerprint density at radius 3 is 2.79 bits per heavy atom. The van der Waals surface area contributed by atoms with Gasteiger partial charge in [0.25, 0.3) is 5.91 Å². The molecule has 0 bridgehead atoms. The number of hydrogen-bond acceptors (Lipinski definition) is 8. The minimum Gasteiger partial charge on any atom is -0.355 e. The molecule has 1 aromatic carbocycles. The highest BCUT2D eigenvalue weighted by Gasteiger charge is 2.24. The Morgan fingerprint density at radius 2 is 2.00 bits per heavy atom. The highest BCUT2D eigenvalue weighted by atomic mass is 32.1. The average Bonchev–Trinajstić information content (AvgIpc) is 3.13. The molecule has 2 N–H and O–H groups in total. The molecule has 10 heteroatoms. The predicted molar refractivity (Wildman–Crippen MR) is 156 cm³/mol. The van der Waals surface area contributed by atoms with Crippen molar-refractivity contribution < 1.29 is 4.79 Å². The summed E-state index contributed by atoms with van der Waals surface area (Å²) < 4.78 is 2.95. The number of thiazole rings is 1. The van der Waals surface area contributed by atoms with Gasteiger partial charge in [0.05, 0.1) is 39.7 Å². The predicted octanol–water partition coefficient (Wildman–Crippen LogP) is 3.92. The summed E-state index contributed by atoms with van der Waals surface area (Å²) in [7, 11) is 0. The SMILES string of the molecule is Cc1cnc(CNC(=O)c2c(=O)c3ccc(N4CCNC(C(C)C)CC4)nc3n3c2sc2ccccc23)cn1. The van der Waals surface area contributed by atoms with E-state index in [0.29, 0.717) is 33.5 Å². The summed E-state index contributed by atoms with van der Waals surface area (Å²) >= 11 is 1.43. The van der Waals surface area contributed by atoms with Gasteiger partial charge in [-0.05, 0) is 43.5 Å². The van der Waals surface area contributed by atoms with Gasteiger partial charge in [-0.3, -0.25) is 24.0 Å². The zero-order valence-corrected chi connectivity index (χ0v) is 23.1. The van der Waals surface area contributed by atoms with Crippen LogP contribution in [0.25, 0.3) is 26.1 Å². The van der Waals surface area contributed by atoms with E-state index in [1.54, 1.807) is 12.4 Å². The summed E-state index contributed by atoms with van der Waals surface area (Å²) in [6, 6.07) is 12.1. The van der Waals surface area contributed by atoms with Gasteiger partial charge in [0.2, 0.25) is 5.43 Å². The smallest absolute Gasteiger partial charge is 0.258 e. The standard InChI is InChI=1S/C29H31N7O2S/c1-17(2)21-10-12-35(13-11-30-21)24-9-8-20-26(37)25(28(38)33-16-19-15-31-18(3)14-32-19)29-36(27(20)34-24)22-6-4-5-7-23(22)39-29/h4-9,14-15,17,21,30H,10-13,16H2,1-3H3,(H,33,38). The lowest BCUT2D eigenvalue weighted by Crippen LogP contribution is -2.34. The van der Waals surface area contributed by atoms with Crippen LogP contribution in [0, 0.1) is 12.8 Å². The first-order valence-corrected chi connectivity index (χ1v) is 14.1. The number of rotatable bonds is 5. The Hall–Kier alpha value is -3.89. The molecule has 1 atom stereocenters. The van der Waals surface area contributed by atoms with Crippen LogP contribution < -0.4 is 21.0 Å². The number of aromatic nitrogens is 4. The molecule has 5 heterocycles. The van der Waals surface area contributed by atoms with E-state index in [-0.39, 0.29) is 17.5 Å². The van der Waals surface area contributed by atoms with E-state index >= 15 is 0 Å². The lowest BCUT2D eigenvalue weighted by atomic mass is 10.0. The molecule has 39 heavy (non-hydrogen) atoms. The molecule has 1 aliphatic heterocycles. The highest BCUT2D eigenvalue weighted by molar-refractivity contribution is 7.24. The number of aryl methyl sites for hydroxylation is 1. The van der Waals surface area contributed by atoms with E-state index < -0.39 is 5.91 Å². The van der Waals surface area contributed by atoms with Gasteiger partial charge in [-0.25, -0.2) is 4.98 Å². The minimum absolute atomic E-state index is 0.122. The van der Waals surface area contributed by atoms with Crippen LogP contribution in [0.4, 0.5) is 5.82 Å². The fourth-order valence-corrected chi connectivity index (χ4v) is 6.40. The van der Waals surface area contributed by atoms with Crippen molar-refractivity contribution in [3.8, 4) is 0 Å². The van der Waals surface area contributed by atoms with E-state index in [9.17, 15) is 9.59 Å². The first kappa shape index (κ1) is 25.4. The Balaban J connectivity index is 1.45. The number of pyridine rings is 2. The summed E-state index contributed by atoms with van der Waals surface area (Å²) in [5.41, 5.74) is 2.72. The summed E-state index contributed by atoms with van der Waals surface area (Å²) in [5, 5.41) is 6.95. The molecule has 9 nitrogen and oxygen atoms in total. The Bertz CT molecular complexity index is 1740. The van der Waals surface area contributed by atoms with Gasteiger partial charge in [0.15, 0.2) is 5.65 Å². The maximum Gasteiger partial charge on any atom is 0.258 e. The lowest BCUT2D eigenvalue weighted by Gasteiger charge is -2.22. The van der Waals surface area contributed by atoms with Gasteiger partial charge in [0, 0.05) is 31.9 Å². The number of para-hydroxylation sites is 1. The topological polar surface area (TPSA) is 105 Å². The molecular formula is C29H31N7O2S. The second-order valence-electron chi connectivity index (χ2n) is 10.4. The van der Waals surface area contributed by atoms with Gasteiger partial charge in [-0.1, -0.05) is 26.0 Å². The fraction of sp³-hybridized carbons (Fsp3) is 0.345. The zero-order chi connectivity index (χ0) is 27.1. The summed E-state index contributed by atoms with van der Waals surface area (Å²) in [6.45, 7) is 9.13. The second kappa shape index (κ2) is 10.3. The van der Waals surface area contributed by atoms with Crippen LogP contribution >= 0.6 is 11.3 Å². The Labute approximate surface area is 229 Å². The first-order chi connectivity index (χ1) is 18.9. The third-order valence-corrected chi connectivity index (χ3v) is 8.54. The molecule has 0 radical (unpaired) electrons. The zero-order valence-electron chi connectivity index (χ0n) is 22.3. The maximum absolute atomic E-state index is 13.8. The minimum atomic E-state index is -0.435. The number of nitrogens with zero attached hydrogens (tertiary/aromatic N) is 5. The Kier molecular flexibility index (Phi) is 6.74. The van der Waals surface area contributed by atoms with Crippen molar-refractivity contribution in [3.63, 3.8) is 0 Å². The molecular weight excluding hydrogens is 510 g/mol. The van der Waals surface area contributed by atoms with E-state index in [4.69, 9.17) is 4.98 Å². The summed E-state index contributed by atoms with van der Waals surface area (Å²) in [6.07, 6.45) is 4.31. The van der Waals surface area contributed by atoms with Crippen molar-refractivity contribution in [3.05, 3.63) is 76.0 Å². The molecule has 1 unspecified atom stereocenters. The van der Waals surface area contributed by atoms with Crippen LogP contribution in [-0.2, 0) is 6.54 Å². The molecule has 200 valence electrons. The van der Waals surface area contributed by atoms with Crippen LogP contribution in [0.1, 0.15) is 42.0 Å². The Morgan fingerprint density at radius 1 is 1.15 bits per heavy atom. The van der Waals surface area contributed by atoms with Crippen molar-refractivity contribution in [1.29, 1.82) is 0 Å². The number of nitrogens with one attached hydrogen (secondary N) is 2. The average molecular weight is 542 g/mol. The molecule has 6 rings (SSSR count). The number of amides is 1. The largest absolute Gasteiger partial charge is 0.355 e. The molecule has 4 aromatic heterocycles. The number of carbonyl (C=O) groups excluding carboxylic acids is 1. The van der Waals surface area contributed by atoms with E-state index in [1.807, 2.05) is 47.7 Å². The summed E-state index contributed by atoms with van der Waals surface area (Å²) in [5.74, 6) is 0.968. The van der Waals surface area contributed by atoms with Crippen LogP contribution in [0.3, 0.4) is 0 Å². The van der Waals surface area contributed by atoms with Gasteiger partial charge in [-0.15, -0.1) is 11.3 Å². The van der Waals surface area contributed by atoms with Gasteiger partial charge >= 0.3 is 0 Å². The van der Waals surface area contributed by atoms with Gasteiger partial charge in [0.1, 0.15) is 16.2 Å². The van der Waals surface area contributed by atoms with Crippen molar-refractivity contribution in [1.82, 2.24) is 30.0 Å². The van der Waals surface area contributed by atoms with Crippen LogP contribution in [0.2, 0.25) is 0 Å². The third-order valence-electron chi connectivity index (χ3n) is 7.39. The molecule has 1 amide bonds. The van der Waals surface area contributed by atoms with Crippen molar-refractivity contribution in [2.75, 3.05) is 24.5 Å². The molecule has 1 fully saturated rings. The molecule has 1 saturated heterocycles. The molecule has 0 spiro atoms. The first-order valence-electron chi connectivity index (χ1n) is 13.3. The maximum atomic E-state index is 13.8. The number of anilines is 1. The number of fused-ring (bicyclic) bond motifs is 5. The van der Waals surface area contributed by atoms with E-state index in [1.165, 1.54) is 11.3 Å². The van der Waals surface area contributed by atoms with Gasteiger partial charge < -0.3 is 15.5 Å². The number of benzene rings is 1. The third kappa shape index (κ3) is 4.74. The number of carbonyl (C=O) groups is 1. The van der Waals surface area contributed by atoms with E-state index in [2.05, 4.69) is 39.3 Å². The quantitative estimate of drug-likeness (QED) is 0.348. The van der Waals surface area contributed by atoms with Gasteiger partial charge in [-0.2, -0.15) is 0 Å². The molecule has 5 aromatic rings. The van der Waals surface area contributed by atoms with Crippen LogP contribution in [0.15, 0.2) is 53.6 Å². The van der Waals surface area contributed by atoms with Crippen molar-refractivity contribution in [2.45, 2.75) is 39.8 Å². The lowest BCUT2D eigenvalue weighted by molar-refractivity contribution is 0.0951. The van der Waals surface area contributed by atoms with Crippen molar-refractivity contribution in [2.24, 2.45) is 5.92 Å². The molecule has 1 aliphatic rings. The van der Waals surface area contributed by atoms with Crippen LogP contribution in [-0.4, -0.2) is 50.9 Å². The monoisotopic (exact) mass is 541 g/mol. The normalized spacial score (nSPS) is 16.3. The number of hydrogen-bond donors (Lipinski definition) is 2. The second-order valence-corrected chi connectivity index (χ2v) is 11.4. The highest BCUT2D eigenvalue weighted by Crippen LogP contribution is 2.31. The summed E-state index contributed by atoms with van der Waals surface area (Å²) in [4.78, 5) is 43.8. The molecule has 0 saturated carbocycles. The van der Waals surface area contributed by atoms with E-state index in [0.717, 1.165) is 47.8 Å².